The van der Waals surface area contributed by atoms with Gasteiger partial charge in [0.05, 0.1) is 25.4 Å². The Morgan fingerprint density at radius 2 is 1.18 bits per heavy atom. The maximum absolute atomic E-state index is 10.9. The number of carbonyl (C=O) groups is 4. The summed E-state index contributed by atoms with van der Waals surface area (Å²) in [5, 5.41) is 22.3. The van der Waals surface area contributed by atoms with Gasteiger partial charge in [-0.2, -0.15) is 0 Å². The van der Waals surface area contributed by atoms with Crippen LogP contribution in [-0.2, 0) is 68.3 Å². The summed E-state index contributed by atoms with van der Waals surface area (Å²) in [5.41, 5.74) is 1.53. The number of aliphatic carboxylic acids is 2. The van der Waals surface area contributed by atoms with Crippen molar-refractivity contribution in [2.24, 2.45) is 0 Å². The zero-order chi connectivity index (χ0) is 22.5. The predicted octanol–water partition coefficient (Wildman–Crippen LogP) is 1.20. The molecule has 11 nitrogen and oxygen atoms in total. The number of amides is 2. The number of ether oxygens (including phenoxy) is 2. The summed E-state index contributed by atoms with van der Waals surface area (Å²) in [7, 11) is 0. The van der Waals surface area contributed by atoms with Crippen molar-refractivity contribution in [3.8, 4) is 0 Å². The van der Waals surface area contributed by atoms with E-state index in [1.807, 2.05) is 13.8 Å². The number of hydrogen-bond donors (Lipinski definition) is 4. The van der Waals surface area contributed by atoms with E-state index in [9.17, 15) is 19.2 Å². The van der Waals surface area contributed by atoms with E-state index in [0.29, 0.717) is 51.7 Å². The second-order valence-corrected chi connectivity index (χ2v) is 6.80. The molecule has 13 heteroatoms. The molecule has 2 rings (SSSR count). The number of carbonyl (C=O) groups excluding carboxylic acids is 2. The standard InChI is InChI=1S/2C10H15NO4.2Cu.O/c2*1-2-8-5-7(3-4-15-8)9(10(13)14)11-6-12;;;/h2*6,8H,2-5H2,1H3,(H,11,12)(H,13,14);;;/q;;2*+1;-2. The van der Waals surface area contributed by atoms with Crippen molar-refractivity contribution in [2.75, 3.05) is 13.2 Å². The van der Waals surface area contributed by atoms with Crippen molar-refractivity contribution >= 4 is 24.8 Å². The summed E-state index contributed by atoms with van der Waals surface area (Å²) in [4.78, 5) is 42.3. The van der Waals surface area contributed by atoms with Gasteiger partial charge < -0.3 is 35.8 Å². The topological polar surface area (TPSA) is 180 Å². The van der Waals surface area contributed by atoms with E-state index >= 15 is 0 Å². The molecule has 0 aliphatic carbocycles. The molecule has 0 aromatic rings. The van der Waals surface area contributed by atoms with Crippen LogP contribution in [0, 0.1) is 0 Å². The Morgan fingerprint density at radius 1 is 0.848 bits per heavy atom. The van der Waals surface area contributed by atoms with Crippen LogP contribution in [0.15, 0.2) is 22.5 Å². The van der Waals surface area contributed by atoms with E-state index in [1.165, 1.54) is 0 Å². The zero-order valence-electron chi connectivity index (χ0n) is 18.3. The largest absolute Gasteiger partial charge is 2.00 e. The Bertz CT molecular complexity index is 641. The third-order valence-corrected chi connectivity index (χ3v) is 4.91. The van der Waals surface area contributed by atoms with E-state index < -0.39 is 11.9 Å². The molecule has 0 aromatic carbocycles. The number of hydrogen-bond acceptors (Lipinski definition) is 6. The fraction of sp³-hybridized carbons (Fsp3) is 0.600. The molecule has 196 valence electrons. The van der Waals surface area contributed by atoms with E-state index in [4.69, 9.17) is 19.7 Å². The molecule has 0 saturated carbocycles. The number of nitrogens with one attached hydrogen (secondary N) is 2. The molecule has 0 bridgehead atoms. The molecule has 2 heterocycles. The fourth-order valence-electron chi connectivity index (χ4n) is 3.30. The Balaban J connectivity index is -0.000000500. The maximum Gasteiger partial charge on any atom is 1.00 e. The van der Waals surface area contributed by atoms with Gasteiger partial charge in [-0.3, -0.25) is 9.59 Å². The van der Waals surface area contributed by atoms with E-state index in [2.05, 4.69) is 10.6 Å². The zero-order valence-corrected chi connectivity index (χ0v) is 20.2. The molecular formula is C20H30Cu2N2O9. The Labute approximate surface area is 214 Å². The Hall–Kier alpha value is -1.72. The first-order chi connectivity index (χ1) is 14.4. The van der Waals surface area contributed by atoms with Crippen LogP contribution in [0.2, 0.25) is 0 Å². The molecule has 2 atom stereocenters. The SMILES string of the molecule is CCC1CC(=C(NC=O)C(=O)O)CCO1.CCC1CC(=C(NC=O)C(=O)O)CCO1.[Cu+].[Cu+].[O-2]. The maximum atomic E-state index is 10.9. The van der Waals surface area contributed by atoms with E-state index in [0.717, 1.165) is 24.0 Å². The number of carboxylic acid groups (broad SMARTS) is 2. The van der Waals surface area contributed by atoms with Gasteiger partial charge in [0, 0.05) is 0 Å². The van der Waals surface area contributed by atoms with Crippen molar-refractivity contribution in [2.45, 2.75) is 64.6 Å². The number of carboxylic acids is 2. The van der Waals surface area contributed by atoms with Crippen LogP contribution in [0.4, 0.5) is 0 Å². The first-order valence-corrected chi connectivity index (χ1v) is 9.91. The summed E-state index contributed by atoms with van der Waals surface area (Å²) >= 11 is 0. The van der Waals surface area contributed by atoms with Crippen LogP contribution in [0.3, 0.4) is 0 Å². The minimum absolute atomic E-state index is 0. The smallest absolute Gasteiger partial charge is 1.00 e. The molecule has 2 aliphatic heterocycles. The van der Waals surface area contributed by atoms with Gasteiger partial charge in [-0.05, 0) is 49.7 Å². The summed E-state index contributed by atoms with van der Waals surface area (Å²) < 4.78 is 10.8. The molecule has 0 spiro atoms. The third kappa shape index (κ3) is 12.4. The van der Waals surface area contributed by atoms with Crippen LogP contribution in [0.5, 0.6) is 0 Å². The van der Waals surface area contributed by atoms with Crippen molar-refractivity contribution in [1.82, 2.24) is 10.6 Å². The minimum Gasteiger partial charge on any atom is -2.00 e. The second-order valence-electron chi connectivity index (χ2n) is 6.80. The van der Waals surface area contributed by atoms with Crippen LogP contribution in [-0.4, -0.2) is 60.4 Å². The average molecular weight is 570 g/mol. The van der Waals surface area contributed by atoms with Crippen molar-refractivity contribution < 1.29 is 78.5 Å². The molecule has 2 fully saturated rings. The van der Waals surface area contributed by atoms with Crippen molar-refractivity contribution in [3.63, 3.8) is 0 Å². The minimum atomic E-state index is -1.09. The van der Waals surface area contributed by atoms with Gasteiger partial charge in [-0.15, -0.1) is 0 Å². The Morgan fingerprint density at radius 3 is 1.42 bits per heavy atom. The second kappa shape index (κ2) is 19.7. The molecule has 2 saturated heterocycles. The summed E-state index contributed by atoms with van der Waals surface area (Å²) in [6, 6.07) is 0. The van der Waals surface area contributed by atoms with Crippen molar-refractivity contribution in [3.05, 3.63) is 22.5 Å². The van der Waals surface area contributed by atoms with Crippen LogP contribution < -0.4 is 10.6 Å². The van der Waals surface area contributed by atoms with Gasteiger partial charge in [0.25, 0.3) is 0 Å². The fourth-order valence-corrected chi connectivity index (χ4v) is 3.30. The van der Waals surface area contributed by atoms with E-state index in [1.54, 1.807) is 0 Å². The van der Waals surface area contributed by atoms with E-state index in [-0.39, 0.29) is 63.2 Å². The van der Waals surface area contributed by atoms with Crippen molar-refractivity contribution in [1.29, 1.82) is 0 Å². The Kier molecular flexibility index (Phi) is 21.4. The summed E-state index contributed by atoms with van der Waals surface area (Å²) in [5.74, 6) is -2.18. The number of rotatable bonds is 8. The average Bonchev–Trinajstić information content (AvgIpc) is 2.75. The van der Waals surface area contributed by atoms with Gasteiger partial charge >= 0.3 is 46.1 Å². The molecular weight excluding hydrogens is 539 g/mol. The van der Waals surface area contributed by atoms with Gasteiger partial charge in [-0.1, -0.05) is 13.8 Å². The van der Waals surface area contributed by atoms with Gasteiger partial charge in [0.1, 0.15) is 11.4 Å². The summed E-state index contributed by atoms with van der Waals surface area (Å²) in [6.45, 7) is 5.01. The molecule has 0 radical (unpaired) electrons. The quantitative estimate of drug-likeness (QED) is 0.191. The monoisotopic (exact) mass is 568 g/mol. The van der Waals surface area contributed by atoms with Crippen LogP contribution in [0.1, 0.15) is 52.4 Å². The molecule has 2 amide bonds. The first kappa shape index (κ1) is 35.9. The van der Waals surface area contributed by atoms with Crippen LogP contribution >= 0.6 is 0 Å². The molecule has 4 N–H and O–H groups in total. The molecule has 2 unspecified atom stereocenters. The van der Waals surface area contributed by atoms with Gasteiger partial charge in [-0.25, -0.2) is 9.59 Å². The van der Waals surface area contributed by atoms with Crippen LogP contribution in [0.25, 0.3) is 0 Å². The normalized spacial score (nSPS) is 22.2. The molecule has 0 aromatic heterocycles. The third-order valence-electron chi connectivity index (χ3n) is 4.91. The van der Waals surface area contributed by atoms with Gasteiger partial charge in [0.2, 0.25) is 12.8 Å². The molecule has 2 aliphatic rings. The van der Waals surface area contributed by atoms with Gasteiger partial charge in [0.15, 0.2) is 0 Å². The first-order valence-electron chi connectivity index (χ1n) is 9.91. The summed E-state index contributed by atoms with van der Waals surface area (Å²) in [6.07, 6.45) is 4.91. The molecule has 33 heavy (non-hydrogen) atoms. The predicted molar refractivity (Wildman–Crippen MR) is 107 cm³/mol.